The Morgan fingerprint density at radius 2 is 1.87 bits per heavy atom. The zero-order chi connectivity index (χ0) is 26.5. The van der Waals surface area contributed by atoms with Crippen LogP contribution in [0.25, 0.3) is 22.1 Å². The van der Waals surface area contributed by atoms with Crippen LogP contribution in [0.4, 0.5) is 0 Å². The number of fused-ring (bicyclic) bond motifs is 1. The molecule has 0 atom stereocenters. The number of rotatable bonds is 12. The van der Waals surface area contributed by atoms with E-state index in [9.17, 15) is 4.79 Å². The number of hydrogen-bond donors (Lipinski definition) is 1. The first-order chi connectivity index (χ1) is 18.6. The van der Waals surface area contributed by atoms with E-state index in [1.807, 2.05) is 24.3 Å². The third-order valence-corrected chi connectivity index (χ3v) is 6.68. The summed E-state index contributed by atoms with van der Waals surface area (Å²) in [4.78, 5) is 12.2. The summed E-state index contributed by atoms with van der Waals surface area (Å²) in [6.07, 6.45) is 4.22. The number of nitrogens with two attached hydrogens (primary N) is 1. The molecule has 1 heterocycles. The van der Waals surface area contributed by atoms with Crippen molar-refractivity contribution in [3.05, 3.63) is 77.6 Å². The second-order valence-electron chi connectivity index (χ2n) is 9.52. The molecule has 4 aromatic rings. The zero-order valence-corrected chi connectivity index (χ0v) is 21.8. The molecule has 0 aliphatic heterocycles. The van der Waals surface area contributed by atoms with Crippen molar-refractivity contribution in [2.75, 3.05) is 20.3 Å². The quantitative estimate of drug-likeness (QED) is 0.230. The van der Waals surface area contributed by atoms with E-state index in [1.54, 1.807) is 32.4 Å². The minimum atomic E-state index is -0.307. The topological polar surface area (TPSA) is 93.2 Å². The van der Waals surface area contributed by atoms with E-state index in [4.69, 9.17) is 29.1 Å². The van der Waals surface area contributed by atoms with E-state index in [-0.39, 0.29) is 19.0 Å². The van der Waals surface area contributed by atoms with Gasteiger partial charge in [0.2, 0.25) is 0 Å². The maximum absolute atomic E-state index is 12.2. The number of carbonyl (C=O) groups excluding carboxylic acids is 1. The van der Waals surface area contributed by atoms with Gasteiger partial charge in [-0.1, -0.05) is 24.3 Å². The van der Waals surface area contributed by atoms with Gasteiger partial charge in [0.25, 0.3) is 0 Å². The Balaban J connectivity index is 1.47. The van der Waals surface area contributed by atoms with Crippen LogP contribution in [0, 0.1) is 5.92 Å². The maximum atomic E-state index is 12.2. The molecule has 198 valence electrons. The second kappa shape index (κ2) is 11.6. The summed E-state index contributed by atoms with van der Waals surface area (Å²) in [7, 11) is 1.60. The molecule has 0 spiro atoms. The van der Waals surface area contributed by atoms with Gasteiger partial charge in [-0.05, 0) is 66.6 Å². The van der Waals surface area contributed by atoms with Crippen LogP contribution in [-0.4, -0.2) is 26.3 Å². The van der Waals surface area contributed by atoms with Gasteiger partial charge in [-0.3, -0.25) is 4.79 Å². The number of ether oxygens (including phenoxy) is 4. The fraction of sp³-hybridized carbons (Fsp3) is 0.323. The summed E-state index contributed by atoms with van der Waals surface area (Å²) >= 11 is 0. The standard InChI is InChI=1S/C31H33NO6/c1-3-35-30(33)14-23-9-10-26(34-2)15-28(23)37-18-25-19-38-31-27(25)12-24(13-29(31)36-17-20-7-8-20)22-6-4-5-21(11-22)16-32/h4-6,9-13,15,19-20H,3,7-8,14,16-18,32H2,1-2H3. The van der Waals surface area contributed by atoms with Crippen molar-refractivity contribution in [2.45, 2.75) is 39.3 Å². The minimum Gasteiger partial charge on any atom is -0.497 e. The molecule has 7 heteroatoms. The van der Waals surface area contributed by atoms with Crippen molar-refractivity contribution in [1.29, 1.82) is 0 Å². The number of furan rings is 1. The zero-order valence-electron chi connectivity index (χ0n) is 21.8. The van der Waals surface area contributed by atoms with Crippen molar-refractivity contribution >= 4 is 16.9 Å². The third kappa shape index (κ3) is 5.94. The third-order valence-electron chi connectivity index (χ3n) is 6.68. The van der Waals surface area contributed by atoms with E-state index in [0.717, 1.165) is 39.0 Å². The van der Waals surface area contributed by atoms with Crippen molar-refractivity contribution in [2.24, 2.45) is 11.7 Å². The highest BCUT2D eigenvalue weighted by molar-refractivity contribution is 5.91. The summed E-state index contributed by atoms with van der Waals surface area (Å²) in [5.41, 5.74) is 11.3. The molecule has 1 aromatic heterocycles. The van der Waals surface area contributed by atoms with Gasteiger partial charge < -0.3 is 29.1 Å². The molecule has 0 radical (unpaired) electrons. The van der Waals surface area contributed by atoms with Crippen LogP contribution in [0.3, 0.4) is 0 Å². The smallest absolute Gasteiger partial charge is 0.310 e. The van der Waals surface area contributed by atoms with Crippen LogP contribution < -0.4 is 19.9 Å². The van der Waals surface area contributed by atoms with Gasteiger partial charge in [-0.25, -0.2) is 0 Å². The summed E-state index contributed by atoms with van der Waals surface area (Å²) in [5, 5.41) is 0.918. The van der Waals surface area contributed by atoms with E-state index in [2.05, 4.69) is 18.2 Å². The summed E-state index contributed by atoms with van der Waals surface area (Å²) in [5.74, 6) is 2.22. The molecule has 0 unspecified atom stereocenters. The van der Waals surface area contributed by atoms with Crippen LogP contribution >= 0.6 is 0 Å². The first-order valence-electron chi connectivity index (χ1n) is 13.0. The second-order valence-corrected chi connectivity index (χ2v) is 9.52. The molecule has 2 N–H and O–H groups in total. The summed E-state index contributed by atoms with van der Waals surface area (Å²) in [6, 6.07) is 17.7. The number of benzene rings is 3. The molecule has 5 rings (SSSR count). The SMILES string of the molecule is CCOC(=O)Cc1ccc(OC)cc1OCc1coc2c(OCC3CC3)cc(-c3cccc(CN)c3)cc12. The van der Waals surface area contributed by atoms with Gasteiger partial charge in [-0.15, -0.1) is 0 Å². The Hall–Kier alpha value is -3.97. The summed E-state index contributed by atoms with van der Waals surface area (Å²) in [6.45, 7) is 3.50. The van der Waals surface area contributed by atoms with Crippen LogP contribution in [-0.2, 0) is 29.1 Å². The fourth-order valence-electron chi connectivity index (χ4n) is 4.38. The molecule has 1 aliphatic rings. The predicted molar refractivity (Wildman–Crippen MR) is 145 cm³/mol. The molecule has 0 saturated heterocycles. The molecule has 7 nitrogen and oxygen atoms in total. The van der Waals surface area contributed by atoms with Gasteiger partial charge >= 0.3 is 5.97 Å². The van der Waals surface area contributed by atoms with Crippen molar-refractivity contribution in [1.82, 2.24) is 0 Å². The molecule has 0 bridgehead atoms. The molecule has 1 aliphatic carbocycles. The molecule has 1 saturated carbocycles. The van der Waals surface area contributed by atoms with Crippen LogP contribution in [0.15, 0.2) is 65.3 Å². The average Bonchev–Trinajstić information content (AvgIpc) is 3.69. The lowest BCUT2D eigenvalue weighted by Gasteiger charge is -2.13. The van der Waals surface area contributed by atoms with Gasteiger partial charge in [0.05, 0.1) is 33.0 Å². The number of esters is 1. The van der Waals surface area contributed by atoms with Crippen molar-refractivity contribution < 1.29 is 28.2 Å². The monoisotopic (exact) mass is 515 g/mol. The molecular weight excluding hydrogens is 482 g/mol. The molecule has 1 fully saturated rings. The predicted octanol–water partition coefficient (Wildman–Crippen LogP) is 6.04. The van der Waals surface area contributed by atoms with Gasteiger partial charge in [0, 0.05) is 29.1 Å². The van der Waals surface area contributed by atoms with E-state index in [0.29, 0.717) is 42.8 Å². The van der Waals surface area contributed by atoms with Gasteiger partial charge in [0.1, 0.15) is 18.1 Å². The van der Waals surface area contributed by atoms with Gasteiger partial charge in [0.15, 0.2) is 11.3 Å². The van der Waals surface area contributed by atoms with Crippen LogP contribution in [0.5, 0.6) is 17.2 Å². The average molecular weight is 516 g/mol. The Labute approximate surface area is 222 Å². The lowest BCUT2D eigenvalue weighted by molar-refractivity contribution is -0.142. The Morgan fingerprint density at radius 1 is 1.00 bits per heavy atom. The van der Waals surface area contributed by atoms with Crippen LogP contribution in [0.1, 0.15) is 36.5 Å². The first-order valence-corrected chi connectivity index (χ1v) is 13.0. The Morgan fingerprint density at radius 3 is 2.63 bits per heavy atom. The van der Waals surface area contributed by atoms with Crippen LogP contribution in [0.2, 0.25) is 0 Å². The van der Waals surface area contributed by atoms with E-state index >= 15 is 0 Å². The van der Waals surface area contributed by atoms with E-state index < -0.39 is 0 Å². The lowest BCUT2D eigenvalue weighted by Crippen LogP contribution is -2.09. The fourth-order valence-corrected chi connectivity index (χ4v) is 4.38. The molecule has 3 aromatic carbocycles. The molecule has 0 amide bonds. The largest absolute Gasteiger partial charge is 0.497 e. The van der Waals surface area contributed by atoms with Gasteiger partial charge in [-0.2, -0.15) is 0 Å². The highest BCUT2D eigenvalue weighted by Gasteiger charge is 2.23. The van der Waals surface area contributed by atoms with Crippen molar-refractivity contribution in [3.8, 4) is 28.4 Å². The lowest BCUT2D eigenvalue weighted by atomic mass is 10.00. The number of methoxy groups -OCH3 is 1. The Kier molecular flexibility index (Phi) is 7.84. The maximum Gasteiger partial charge on any atom is 0.310 e. The Bertz CT molecular complexity index is 1420. The molecular formula is C31H33NO6. The van der Waals surface area contributed by atoms with Crippen molar-refractivity contribution in [3.63, 3.8) is 0 Å². The normalized spacial score (nSPS) is 12.9. The highest BCUT2D eigenvalue weighted by atomic mass is 16.5. The summed E-state index contributed by atoms with van der Waals surface area (Å²) < 4.78 is 29.0. The number of carbonyl (C=O) groups is 1. The minimum absolute atomic E-state index is 0.111. The first kappa shape index (κ1) is 25.7. The van der Waals surface area contributed by atoms with E-state index in [1.165, 1.54) is 12.8 Å². The highest BCUT2D eigenvalue weighted by Crippen LogP contribution is 2.38. The molecule has 38 heavy (non-hydrogen) atoms. The number of hydrogen-bond acceptors (Lipinski definition) is 7.